The van der Waals surface area contributed by atoms with Crippen LogP contribution in [0.5, 0.6) is 0 Å². The normalized spacial score (nSPS) is 11.2. The van der Waals surface area contributed by atoms with Crippen LogP contribution in [0.3, 0.4) is 0 Å². The van der Waals surface area contributed by atoms with E-state index in [1.165, 1.54) is 0 Å². The number of amides is 2. The van der Waals surface area contributed by atoms with E-state index in [9.17, 15) is 9.59 Å². The molecule has 16 heavy (non-hydrogen) atoms. The van der Waals surface area contributed by atoms with Crippen molar-refractivity contribution in [2.45, 2.75) is 24.8 Å². The van der Waals surface area contributed by atoms with Gasteiger partial charge in [-0.1, -0.05) is 0 Å². The van der Waals surface area contributed by atoms with Gasteiger partial charge in [0.1, 0.15) is 5.54 Å². The Hall–Kier alpha value is -1.18. The fraction of sp³-hybridized carbons (Fsp3) is 0.778. The number of aliphatic hydroxyl groups excluding tert-OH is 3. The Morgan fingerprint density at radius 1 is 1.06 bits per heavy atom. The van der Waals surface area contributed by atoms with E-state index in [0.717, 1.165) is 0 Å². The number of carbonyl (C=O) groups excluding carboxylic acids is 2. The molecule has 94 valence electrons. The topological polar surface area (TPSA) is 133 Å². The van der Waals surface area contributed by atoms with Gasteiger partial charge >= 0.3 is 0 Å². The monoisotopic (exact) mass is 234 g/mol. The van der Waals surface area contributed by atoms with Crippen molar-refractivity contribution in [3.05, 3.63) is 0 Å². The number of aliphatic hydroxyl groups is 3. The zero-order chi connectivity index (χ0) is 12.6. The molecule has 0 aliphatic rings. The molecule has 0 spiro atoms. The predicted octanol–water partition coefficient (Wildman–Crippen LogP) is -2.53. The Kier molecular flexibility index (Phi) is 6.63. The molecule has 0 aromatic carbocycles. The molecule has 0 aliphatic heterocycles. The zero-order valence-corrected chi connectivity index (χ0v) is 8.98. The van der Waals surface area contributed by atoms with Crippen molar-refractivity contribution >= 4 is 11.8 Å². The quantitative estimate of drug-likeness (QED) is 0.316. The molecule has 0 aromatic rings. The van der Waals surface area contributed by atoms with E-state index in [1.807, 2.05) is 0 Å². The highest BCUT2D eigenvalue weighted by molar-refractivity contribution is 5.78. The van der Waals surface area contributed by atoms with Gasteiger partial charge in [0.05, 0.1) is 19.8 Å². The first-order valence-electron chi connectivity index (χ1n) is 4.91. The third-order valence-electron chi connectivity index (χ3n) is 2.14. The molecule has 6 N–H and O–H groups in total. The lowest BCUT2D eigenvalue weighted by Gasteiger charge is -2.28. The molecular formula is C9H18N2O5. The summed E-state index contributed by atoms with van der Waals surface area (Å²) in [6.07, 6.45) is 0.433. The molecule has 0 aliphatic carbocycles. The van der Waals surface area contributed by atoms with Gasteiger partial charge in [-0.05, 0) is 6.42 Å². The Labute approximate surface area is 93.3 Å². The molecule has 0 saturated carbocycles. The summed E-state index contributed by atoms with van der Waals surface area (Å²) >= 11 is 0. The van der Waals surface area contributed by atoms with E-state index >= 15 is 0 Å². The van der Waals surface area contributed by atoms with Crippen LogP contribution in [0.4, 0.5) is 0 Å². The van der Waals surface area contributed by atoms with Gasteiger partial charge < -0.3 is 26.4 Å². The first-order chi connectivity index (χ1) is 7.49. The fourth-order valence-corrected chi connectivity index (χ4v) is 1.05. The number of nitrogens with two attached hydrogens (primary N) is 1. The molecule has 0 rings (SSSR count). The van der Waals surface area contributed by atoms with Gasteiger partial charge in [-0.3, -0.25) is 9.59 Å². The van der Waals surface area contributed by atoms with Crippen LogP contribution < -0.4 is 11.1 Å². The lowest BCUT2D eigenvalue weighted by molar-refractivity contribution is -0.125. The highest BCUT2D eigenvalue weighted by atomic mass is 16.3. The number of hydrogen-bond acceptors (Lipinski definition) is 5. The predicted molar refractivity (Wildman–Crippen MR) is 55.2 cm³/mol. The second-order valence-electron chi connectivity index (χ2n) is 3.62. The van der Waals surface area contributed by atoms with Crippen molar-refractivity contribution in [2.24, 2.45) is 5.73 Å². The SMILES string of the molecule is NC(=O)CCCC(=O)NC(CO)(CO)CO. The molecule has 0 fully saturated rings. The Bertz CT molecular complexity index is 232. The van der Waals surface area contributed by atoms with Crippen LogP contribution in [0.2, 0.25) is 0 Å². The highest BCUT2D eigenvalue weighted by Gasteiger charge is 2.29. The molecule has 0 heterocycles. The second-order valence-corrected chi connectivity index (χ2v) is 3.62. The molecular weight excluding hydrogens is 216 g/mol. The average Bonchev–Trinajstić information content (AvgIpc) is 2.25. The van der Waals surface area contributed by atoms with Gasteiger partial charge in [-0.15, -0.1) is 0 Å². The number of rotatable bonds is 8. The maximum atomic E-state index is 11.3. The standard InChI is InChI=1S/C9H18N2O5/c10-7(15)2-1-3-8(16)11-9(4-12,5-13)6-14/h12-14H,1-6H2,(H2,10,15)(H,11,16). The molecule has 0 atom stereocenters. The highest BCUT2D eigenvalue weighted by Crippen LogP contribution is 2.03. The largest absolute Gasteiger partial charge is 0.394 e. The first-order valence-corrected chi connectivity index (χ1v) is 4.91. The minimum absolute atomic E-state index is 0.0463. The van der Waals surface area contributed by atoms with Gasteiger partial charge in [0, 0.05) is 12.8 Å². The van der Waals surface area contributed by atoms with Crippen molar-refractivity contribution in [3.8, 4) is 0 Å². The molecule has 0 saturated heterocycles. The van der Waals surface area contributed by atoms with Gasteiger partial charge in [0.15, 0.2) is 0 Å². The van der Waals surface area contributed by atoms with Crippen molar-refractivity contribution in [2.75, 3.05) is 19.8 Å². The lowest BCUT2D eigenvalue weighted by Crippen LogP contribution is -2.57. The van der Waals surface area contributed by atoms with Gasteiger partial charge in [0.2, 0.25) is 11.8 Å². The van der Waals surface area contributed by atoms with E-state index in [0.29, 0.717) is 6.42 Å². The number of nitrogens with one attached hydrogen (secondary N) is 1. The number of hydrogen-bond donors (Lipinski definition) is 5. The van der Waals surface area contributed by atoms with E-state index in [-0.39, 0.29) is 12.8 Å². The van der Waals surface area contributed by atoms with Crippen LogP contribution in [0.25, 0.3) is 0 Å². The molecule has 0 unspecified atom stereocenters. The third-order valence-corrected chi connectivity index (χ3v) is 2.14. The van der Waals surface area contributed by atoms with Gasteiger partial charge in [-0.25, -0.2) is 0 Å². The van der Waals surface area contributed by atoms with Crippen molar-refractivity contribution in [3.63, 3.8) is 0 Å². The van der Waals surface area contributed by atoms with Crippen LogP contribution in [-0.4, -0.2) is 52.5 Å². The minimum Gasteiger partial charge on any atom is -0.394 e. The molecule has 7 heteroatoms. The molecule has 0 bridgehead atoms. The molecule has 0 aromatic heterocycles. The van der Waals surface area contributed by atoms with Crippen LogP contribution in [-0.2, 0) is 9.59 Å². The van der Waals surface area contributed by atoms with E-state index in [1.54, 1.807) is 0 Å². The second kappa shape index (κ2) is 7.15. The maximum absolute atomic E-state index is 11.3. The summed E-state index contributed by atoms with van der Waals surface area (Å²) in [5.74, 6) is -0.955. The molecule has 2 amide bonds. The van der Waals surface area contributed by atoms with Gasteiger partial charge in [-0.2, -0.15) is 0 Å². The van der Waals surface area contributed by atoms with E-state index in [4.69, 9.17) is 21.1 Å². The van der Waals surface area contributed by atoms with E-state index < -0.39 is 37.2 Å². The summed E-state index contributed by atoms with van der Waals surface area (Å²) in [4.78, 5) is 21.7. The Morgan fingerprint density at radius 3 is 1.94 bits per heavy atom. The summed E-state index contributed by atoms with van der Waals surface area (Å²) in [5.41, 5.74) is 3.48. The van der Waals surface area contributed by atoms with E-state index in [2.05, 4.69) is 5.32 Å². The average molecular weight is 234 g/mol. The summed E-state index contributed by atoms with van der Waals surface area (Å²) in [5, 5.41) is 29.1. The van der Waals surface area contributed by atoms with Crippen LogP contribution in [0.15, 0.2) is 0 Å². The van der Waals surface area contributed by atoms with Crippen molar-refractivity contribution < 1.29 is 24.9 Å². The molecule has 0 radical (unpaired) electrons. The number of carbonyl (C=O) groups is 2. The third kappa shape index (κ3) is 5.06. The minimum atomic E-state index is -1.41. The van der Waals surface area contributed by atoms with Gasteiger partial charge in [0.25, 0.3) is 0 Å². The lowest BCUT2D eigenvalue weighted by atomic mass is 10.0. The first kappa shape index (κ1) is 14.8. The summed E-state index contributed by atoms with van der Waals surface area (Å²) < 4.78 is 0. The fourth-order valence-electron chi connectivity index (χ4n) is 1.05. The maximum Gasteiger partial charge on any atom is 0.220 e. The van der Waals surface area contributed by atoms with Crippen molar-refractivity contribution in [1.29, 1.82) is 0 Å². The summed E-state index contributed by atoms with van der Waals surface area (Å²) in [6, 6.07) is 0. The van der Waals surface area contributed by atoms with Crippen LogP contribution >= 0.6 is 0 Å². The Balaban J connectivity index is 4.05. The molecule has 7 nitrogen and oxygen atoms in total. The van der Waals surface area contributed by atoms with Crippen LogP contribution in [0.1, 0.15) is 19.3 Å². The smallest absolute Gasteiger partial charge is 0.220 e. The summed E-state index contributed by atoms with van der Waals surface area (Å²) in [6.45, 7) is -1.70. The number of primary amides is 1. The zero-order valence-electron chi connectivity index (χ0n) is 8.98. The van der Waals surface area contributed by atoms with Crippen molar-refractivity contribution in [1.82, 2.24) is 5.32 Å². The summed E-state index contributed by atoms with van der Waals surface area (Å²) in [7, 11) is 0. The van der Waals surface area contributed by atoms with Crippen LogP contribution in [0, 0.1) is 0 Å². The Morgan fingerprint density at radius 2 is 1.56 bits per heavy atom.